The molecule has 2 aromatic rings. The van der Waals surface area contributed by atoms with Crippen LogP contribution in [0.25, 0.3) is 0 Å². The number of rotatable bonds is 5. The van der Waals surface area contributed by atoms with E-state index in [1.165, 1.54) is 24.6 Å². The van der Waals surface area contributed by atoms with Gasteiger partial charge in [-0.05, 0) is 18.2 Å². The van der Waals surface area contributed by atoms with Crippen LogP contribution in [0.1, 0.15) is 0 Å². The number of nitrogens with one attached hydrogen (secondary N) is 1. The molecule has 0 unspecified atom stereocenters. The topological polar surface area (TPSA) is 73.2 Å². The van der Waals surface area contributed by atoms with Crippen LogP contribution in [0.2, 0.25) is 0 Å². The Balaban J connectivity index is 1.78. The van der Waals surface area contributed by atoms with E-state index in [1.807, 2.05) is 24.4 Å². The van der Waals surface area contributed by atoms with Gasteiger partial charge in [0.05, 0.1) is 46.6 Å². The summed E-state index contributed by atoms with van der Waals surface area (Å²) in [6.07, 6.45) is 1.86. The SMILES string of the molecule is COc1ccc(S(=O)(=O)N2CCN(c3cccc[nH+]3)CC2)c(OC)c1. The van der Waals surface area contributed by atoms with Crippen LogP contribution in [-0.2, 0) is 10.0 Å². The lowest BCUT2D eigenvalue weighted by atomic mass is 10.3. The molecule has 8 heteroatoms. The number of aromatic nitrogens is 1. The van der Waals surface area contributed by atoms with Crippen LogP contribution < -0.4 is 19.4 Å². The van der Waals surface area contributed by atoms with Crippen LogP contribution in [0.5, 0.6) is 11.5 Å². The Morgan fingerprint density at radius 1 is 1.00 bits per heavy atom. The number of hydrogen-bond acceptors (Lipinski definition) is 5. The lowest BCUT2D eigenvalue weighted by Gasteiger charge is -2.30. The number of pyridine rings is 1. The molecular formula is C17H22N3O4S+. The van der Waals surface area contributed by atoms with Crippen molar-refractivity contribution in [1.29, 1.82) is 0 Å². The Bertz CT molecular complexity index is 819. The molecule has 134 valence electrons. The summed E-state index contributed by atoms with van der Waals surface area (Å²) in [7, 11) is -0.634. The lowest BCUT2D eigenvalue weighted by molar-refractivity contribution is -0.364. The van der Waals surface area contributed by atoms with Crippen LogP contribution in [-0.4, -0.2) is 53.1 Å². The van der Waals surface area contributed by atoms with E-state index in [-0.39, 0.29) is 10.6 Å². The van der Waals surface area contributed by atoms with Crippen molar-refractivity contribution in [2.45, 2.75) is 4.90 Å². The van der Waals surface area contributed by atoms with Crippen LogP contribution in [0.15, 0.2) is 47.5 Å². The zero-order chi connectivity index (χ0) is 17.9. The molecule has 0 amide bonds. The van der Waals surface area contributed by atoms with Gasteiger partial charge in [0.25, 0.3) is 5.82 Å². The number of ether oxygens (including phenoxy) is 2. The molecule has 1 aliphatic heterocycles. The van der Waals surface area contributed by atoms with Gasteiger partial charge < -0.3 is 9.47 Å². The second kappa shape index (κ2) is 7.28. The molecule has 0 atom stereocenters. The Labute approximate surface area is 147 Å². The minimum Gasteiger partial charge on any atom is -0.497 e. The third-order valence-corrected chi connectivity index (χ3v) is 6.20. The molecule has 1 N–H and O–H groups in total. The predicted octanol–water partition coefficient (Wildman–Crippen LogP) is 1.03. The van der Waals surface area contributed by atoms with E-state index in [0.29, 0.717) is 31.9 Å². The molecule has 25 heavy (non-hydrogen) atoms. The average molecular weight is 364 g/mol. The number of benzene rings is 1. The van der Waals surface area contributed by atoms with E-state index < -0.39 is 10.0 Å². The molecule has 0 spiro atoms. The maximum absolute atomic E-state index is 13.0. The number of sulfonamides is 1. The standard InChI is InChI=1S/C17H21N3O4S/c1-23-14-6-7-16(15(13-14)24-2)25(21,22)20-11-9-19(10-12-20)17-5-3-4-8-18-17/h3-8,13H,9-12H2,1-2H3/p+1. The highest BCUT2D eigenvalue weighted by atomic mass is 32.2. The first-order valence-corrected chi connectivity index (χ1v) is 9.44. The van der Waals surface area contributed by atoms with Gasteiger partial charge in [0, 0.05) is 12.1 Å². The third kappa shape index (κ3) is 3.54. The molecule has 1 aromatic carbocycles. The molecule has 1 fully saturated rings. The number of H-pyrrole nitrogens is 1. The first-order valence-electron chi connectivity index (χ1n) is 8.00. The largest absolute Gasteiger partial charge is 0.497 e. The van der Waals surface area contributed by atoms with Crippen molar-refractivity contribution in [3.63, 3.8) is 0 Å². The van der Waals surface area contributed by atoms with E-state index >= 15 is 0 Å². The molecule has 2 heterocycles. The second-order valence-electron chi connectivity index (χ2n) is 5.66. The molecule has 0 radical (unpaired) electrons. The van der Waals surface area contributed by atoms with Gasteiger partial charge in [0.2, 0.25) is 10.0 Å². The van der Waals surface area contributed by atoms with Crippen molar-refractivity contribution >= 4 is 15.8 Å². The van der Waals surface area contributed by atoms with Crippen molar-refractivity contribution in [3.05, 3.63) is 42.6 Å². The summed E-state index contributed by atoms with van der Waals surface area (Å²) in [6.45, 7) is 2.08. The Morgan fingerprint density at radius 3 is 2.36 bits per heavy atom. The van der Waals surface area contributed by atoms with E-state index in [2.05, 4.69) is 9.88 Å². The van der Waals surface area contributed by atoms with Crippen molar-refractivity contribution in [1.82, 2.24) is 4.31 Å². The lowest BCUT2D eigenvalue weighted by Crippen LogP contribution is -2.49. The van der Waals surface area contributed by atoms with Crippen molar-refractivity contribution in [3.8, 4) is 11.5 Å². The van der Waals surface area contributed by atoms with Gasteiger partial charge in [-0.3, -0.25) is 4.90 Å². The first kappa shape index (κ1) is 17.5. The summed E-state index contributed by atoms with van der Waals surface area (Å²) < 4.78 is 37.9. The van der Waals surface area contributed by atoms with Gasteiger partial charge >= 0.3 is 0 Å². The summed E-state index contributed by atoms with van der Waals surface area (Å²) in [4.78, 5) is 5.48. The Hall–Kier alpha value is -2.32. The van der Waals surface area contributed by atoms with Gasteiger partial charge in [-0.25, -0.2) is 13.4 Å². The van der Waals surface area contributed by atoms with E-state index in [0.717, 1.165) is 5.82 Å². The van der Waals surface area contributed by atoms with E-state index in [9.17, 15) is 8.42 Å². The van der Waals surface area contributed by atoms with Gasteiger partial charge in [-0.15, -0.1) is 0 Å². The van der Waals surface area contributed by atoms with E-state index in [4.69, 9.17) is 9.47 Å². The number of anilines is 1. The van der Waals surface area contributed by atoms with Crippen LogP contribution in [0.3, 0.4) is 0 Å². The fraction of sp³-hybridized carbons (Fsp3) is 0.353. The monoisotopic (exact) mass is 364 g/mol. The maximum Gasteiger partial charge on any atom is 0.274 e. The zero-order valence-corrected chi connectivity index (χ0v) is 15.1. The number of hydrogen-bond donors (Lipinski definition) is 0. The Kier molecular flexibility index (Phi) is 5.10. The van der Waals surface area contributed by atoms with Gasteiger partial charge in [0.1, 0.15) is 16.4 Å². The summed E-state index contributed by atoms with van der Waals surface area (Å²) in [5.41, 5.74) is 0. The smallest absolute Gasteiger partial charge is 0.274 e. The summed E-state index contributed by atoms with van der Waals surface area (Å²) in [5, 5.41) is 0. The Morgan fingerprint density at radius 2 is 1.76 bits per heavy atom. The normalized spacial score (nSPS) is 15.8. The van der Waals surface area contributed by atoms with Crippen LogP contribution in [0.4, 0.5) is 5.82 Å². The fourth-order valence-corrected chi connectivity index (χ4v) is 4.44. The highest BCUT2D eigenvalue weighted by Crippen LogP contribution is 2.31. The van der Waals surface area contributed by atoms with Crippen molar-refractivity contribution < 1.29 is 22.9 Å². The van der Waals surface area contributed by atoms with Crippen molar-refractivity contribution in [2.75, 3.05) is 45.3 Å². The summed E-state index contributed by atoms with van der Waals surface area (Å²) in [5.74, 6) is 1.83. The predicted molar refractivity (Wildman–Crippen MR) is 93.5 cm³/mol. The van der Waals surface area contributed by atoms with Crippen LogP contribution in [0, 0.1) is 0 Å². The van der Waals surface area contributed by atoms with Crippen molar-refractivity contribution in [2.24, 2.45) is 0 Å². The molecule has 1 aliphatic rings. The first-order chi connectivity index (χ1) is 12.1. The zero-order valence-electron chi connectivity index (χ0n) is 14.3. The molecule has 0 aliphatic carbocycles. The molecule has 3 rings (SSSR count). The van der Waals surface area contributed by atoms with Crippen LogP contribution >= 0.6 is 0 Å². The van der Waals surface area contributed by atoms with E-state index in [1.54, 1.807) is 12.1 Å². The summed E-state index contributed by atoms with van der Waals surface area (Å²) in [6, 6.07) is 10.6. The minimum atomic E-state index is -3.62. The number of nitrogens with zero attached hydrogens (tertiary/aromatic N) is 2. The molecule has 0 bridgehead atoms. The van der Waals surface area contributed by atoms with Gasteiger partial charge in [0.15, 0.2) is 0 Å². The quantitative estimate of drug-likeness (QED) is 0.792. The number of aromatic amines is 1. The highest BCUT2D eigenvalue weighted by Gasteiger charge is 2.33. The molecule has 0 saturated carbocycles. The molecular weight excluding hydrogens is 342 g/mol. The molecule has 1 aromatic heterocycles. The average Bonchev–Trinajstić information content (AvgIpc) is 2.68. The maximum atomic E-state index is 13.0. The third-order valence-electron chi connectivity index (χ3n) is 4.26. The highest BCUT2D eigenvalue weighted by molar-refractivity contribution is 7.89. The van der Waals surface area contributed by atoms with Gasteiger partial charge in [-0.2, -0.15) is 4.31 Å². The molecule has 7 nitrogen and oxygen atoms in total. The molecule has 1 saturated heterocycles. The summed E-state index contributed by atoms with van der Waals surface area (Å²) >= 11 is 0. The minimum absolute atomic E-state index is 0.163. The van der Waals surface area contributed by atoms with Gasteiger partial charge in [-0.1, -0.05) is 6.07 Å². The number of piperazine rings is 1. The number of methoxy groups -OCH3 is 2. The fourth-order valence-electron chi connectivity index (χ4n) is 2.88. The second-order valence-corrected chi connectivity index (χ2v) is 7.56.